The third-order valence-corrected chi connectivity index (χ3v) is 4.01. The van der Waals surface area contributed by atoms with E-state index in [9.17, 15) is 26.7 Å². The summed E-state index contributed by atoms with van der Waals surface area (Å²) in [5.74, 6) is -10.2. The maximum atomic E-state index is 13.8. The fraction of sp³-hybridized carbons (Fsp3) is 0.188. The Kier molecular flexibility index (Phi) is 3.79. The Bertz CT molecular complexity index is 808. The first-order valence-electron chi connectivity index (χ1n) is 6.93. The molecule has 0 spiro atoms. The Morgan fingerprint density at radius 1 is 0.875 bits per heavy atom. The first-order chi connectivity index (χ1) is 11.2. The number of benzene rings is 2. The van der Waals surface area contributed by atoms with E-state index in [4.69, 9.17) is 0 Å². The number of nitrogens with one attached hydrogen (secondary N) is 2. The maximum Gasteiger partial charge on any atom is 0.236 e. The lowest BCUT2D eigenvalue weighted by Gasteiger charge is -2.23. The Hall–Kier alpha value is -2.48. The monoisotopic (exact) mass is 342 g/mol. The Morgan fingerprint density at radius 3 is 1.83 bits per heavy atom. The number of amides is 1. The Balaban J connectivity index is 2.05. The lowest BCUT2D eigenvalue weighted by Crippen LogP contribution is -2.38. The van der Waals surface area contributed by atoms with Gasteiger partial charge in [0.15, 0.2) is 23.3 Å². The minimum atomic E-state index is -2.20. The molecule has 0 bridgehead atoms. The van der Waals surface area contributed by atoms with Crippen LogP contribution < -0.4 is 10.9 Å². The summed E-state index contributed by atoms with van der Waals surface area (Å²) in [7, 11) is 0. The number of hydrogen-bond acceptors (Lipinski definition) is 2. The van der Waals surface area contributed by atoms with Crippen molar-refractivity contribution in [2.75, 3.05) is 0 Å². The van der Waals surface area contributed by atoms with Crippen LogP contribution in [-0.2, 0) is 10.3 Å². The first kappa shape index (κ1) is 16.4. The molecule has 2 aromatic carbocycles. The fourth-order valence-corrected chi connectivity index (χ4v) is 2.65. The van der Waals surface area contributed by atoms with Crippen LogP contribution in [0.4, 0.5) is 22.0 Å². The van der Waals surface area contributed by atoms with Gasteiger partial charge in [0.05, 0.1) is 17.5 Å². The van der Waals surface area contributed by atoms with E-state index in [1.54, 1.807) is 6.92 Å². The van der Waals surface area contributed by atoms with E-state index < -0.39 is 40.2 Å². The molecule has 8 heteroatoms. The summed E-state index contributed by atoms with van der Waals surface area (Å²) in [6, 6.07) is 5.40. The van der Waals surface area contributed by atoms with E-state index >= 15 is 0 Å². The summed E-state index contributed by atoms with van der Waals surface area (Å²) in [6.07, 6.45) is 0.148. The molecule has 0 aromatic heterocycles. The Morgan fingerprint density at radius 2 is 1.38 bits per heavy atom. The number of carbonyl (C=O) groups is 1. The van der Waals surface area contributed by atoms with Crippen molar-refractivity contribution in [1.82, 2.24) is 10.9 Å². The molecular weight excluding hydrogens is 331 g/mol. The van der Waals surface area contributed by atoms with Crippen LogP contribution in [0.3, 0.4) is 0 Å². The van der Waals surface area contributed by atoms with Gasteiger partial charge in [-0.25, -0.2) is 27.4 Å². The van der Waals surface area contributed by atoms with Crippen LogP contribution in [0.5, 0.6) is 0 Å². The molecule has 1 heterocycles. The minimum Gasteiger partial charge on any atom is -0.291 e. The molecule has 1 saturated heterocycles. The normalized spacial score (nSPS) is 20.3. The number of carbonyl (C=O) groups excluding carboxylic acids is 1. The molecule has 3 rings (SSSR count). The van der Waals surface area contributed by atoms with Gasteiger partial charge >= 0.3 is 0 Å². The largest absolute Gasteiger partial charge is 0.291 e. The predicted molar refractivity (Wildman–Crippen MR) is 74.9 cm³/mol. The van der Waals surface area contributed by atoms with Gasteiger partial charge in [-0.05, 0) is 18.1 Å². The van der Waals surface area contributed by atoms with E-state index in [-0.39, 0.29) is 17.9 Å². The Labute approximate surface area is 133 Å². The van der Waals surface area contributed by atoms with Gasteiger partial charge in [-0.3, -0.25) is 10.2 Å². The number of rotatable bonds is 2. The smallest absolute Gasteiger partial charge is 0.236 e. The molecule has 3 nitrogen and oxygen atoms in total. The van der Waals surface area contributed by atoms with Crippen LogP contribution in [-0.4, -0.2) is 5.91 Å². The summed E-state index contributed by atoms with van der Waals surface area (Å²) in [5, 5.41) is 0. The SMILES string of the molecule is CC1(c2ccc(-c3c(F)c(F)c(F)c(F)c3F)cc2)CC(=O)NN1. The molecule has 2 N–H and O–H groups in total. The zero-order valence-electron chi connectivity index (χ0n) is 12.3. The highest BCUT2D eigenvalue weighted by Crippen LogP contribution is 2.33. The van der Waals surface area contributed by atoms with Crippen molar-refractivity contribution in [3.63, 3.8) is 0 Å². The summed E-state index contributed by atoms with van der Waals surface area (Å²) in [6.45, 7) is 1.73. The van der Waals surface area contributed by atoms with Gasteiger partial charge < -0.3 is 0 Å². The van der Waals surface area contributed by atoms with E-state index in [1.807, 2.05) is 0 Å². The zero-order valence-corrected chi connectivity index (χ0v) is 12.3. The standard InChI is InChI=1S/C16H11F5N2O/c1-16(6-9(24)22-23-16)8-4-2-7(3-5-8)10-11(17)13(19)15(21)14(20)12(10)18/h2-5,23H,6H2,1H3,(H,22,24). The lowest BCUT2D eigenvalue weighted by molar-refractivity contribution is -0.119. The van der Waals surface area contributed by atoms with Gasteiger partial charge in [0.25, 0.3) is 0 Å². The third-order valence-electron chi connectivity index (χ3n) is 4.01. The van der Waals surface area contributed by atoms with Crippen LogP contribution in [0, 0.1) is 29.1 Å². The summed E-state index contributed by atoms with van der Waals surface area (Å²) in [5.41, 5.74) is 3.97. The minimum absolute atomic E-state index is 0.148. The van der Waals surface area contributed by atoms with Gasteiger partial charge in [-0.15, -0.1) is 0 Å². The van der Waals surface area contributed by atoms with E-state index in [1.165, 1.54) is 24.3 Å². The van der Waals surface area contributed by atoms with Crippen molar-refractivity contribution in [2.24, 2.45) is 0 Å². The predicted octanol–water partition coefficient (Wildman–Crippen LogP) is 3.29. The van der Waals surface area contributed by atoms with Gasteiger partial charge in [0, 0.05) is 0 Å². The molecule has 2 aromatic rings. The second-order valence-electron chi connectivity index (χ2n) is 5.70. The van der Waals surface area contributed by atoms with Crippen LogP contribution in [0.1, 0.15) is 18.9 Å². The van der Waals surface area contributed by atoms with Crippen molar-refractivity contribution in [2.45, 2.75) is 18.9 Å². The molecule has 1 aliphatic rings. The van der Waals surface area contributed by atoms with Crippen molar-refractivity contribution in [1.29, 1.82) is 0 Å². The number of hydrazine groups is 1. The van der Waals surface area contributed by atoms with Crippen molar-refractivity contribution in [3.05, 3.63) is 58.9 Å². The van der Waals surface area contributed by atoms with Gasteiger partial charge in [0.2, 0.25) is 11.7 Å². The highest BCUT2D eigenvalue weighted by atomic mass is 19.2. The molecule has 1 amide bonds. The molecule has 1 fully saturated rings. The van der Waals surface area contributed by atoms with Gasteiger partial charge in [-0.2, -0.15) is 0 Å². The van der Waals surface area contributed by atoms with E-state index in [2.05, 4.69) is 10.9 Å². The van der Waals surface area contributed by atoms with E-state index in [0.29, 0.717) is 5.56 Å². The quantitative estimate of drug-likeness (QED) is 0.500. The van der Waals surface area contributed by atoms with Gasteiger partial charge in [-0.1, -0.05) is 24.3 Å². The van der Waals surface area contributed by atoms with Gasteiger partial charge in [0.1, 0.15) is 0 Å². The molecule has 1 atom stereocenters. The molecule has 1 unspecified atom stereocenters. The highest BCUT2D eigenvalue weighted by molar-refractivity contribution is 5.79. The first-order valence-corrected chi connectivity index (χ1v) is 6.93. The van der Waals surface area contributed by atoms with Crippen LogP contribution in [0.2, 0.25) is 0 Å². The molecule has 0 radical (unpaired) electrons. The molecule has 0 aliphatic carbocycles. The molecular formula is C16H11F5N2O. The second-order valence-corrected chi connectivity index (χ2v) is 5.70. The topological polar surface area (TPSA) is 41.1 Å². The summed E-state index contributed by atoms with van der Waals surface area (Å²) >= 11 is 0. The average Bonchev–Trinajstić information content (AvgIpc) is 2.92. The second kappa shape index (κ2) is 5.55. The fourth-order valence-electron chi connectivity index (χ4n) is 2.65. The van der Waals surface area contributed by atoms with Crippen molar-refractivity contribution >= 4 is 5.91 Å². The molecule has 1 aliphatic heterocycles. The lowest BCUT2D eigenvalue weighted by atomic mass is 9.89. The molecule has 24 heavy (non-hydrogen) atoms. The highest BCUT2D eigenvalue weighted by Gasteiger charge is 2.35. The van der Waals surface area contributed by atoms with Crippen LogP contribution in [0.25, 0.3) is 11.1 Å². The number of halogens is 5. The average molecular weight is 342 g/mol. The summed E-state index contributed by atoms with van der Waals surface area (Å²) in [4.78, 5) is 11.3. The van der Waals surface area contributed by atoms with Crippen molar-refractivity contribution in [3.8, 4) is 11.1 Å². The maximum absolute atomic E-state index is 13.8. The number of hydrogen-bond donors (Lipinski definition) is 2. The van der Waals surface area contributed by atoms with Crippen molar-refractivity contribution < 1.29 is 26.7 Å². The van der Waals surface area contributed by atoms with E-state index in [0.717, 1.165) is 0 Å². The molecule has 126 valence electrons. The summed E-state index contributed by atoms with van der Waals surface area (Å²) < 4.78 is 67.4. The van der Waals surface area contributed by atoms with Crippen LogP contribution in [0.15, 0.2) is 24.3 Å². The molecule has 0 saturated carbocycles. The third kappa shape index (κ3) is 2.43. The zero-order chi connectivity index (χ0) is 17.6. The van der Waals surface area contributed by atoms with Crippen LogP contribution >= 0.6 is 0 Å².